The number of nitrogens with zero attached hydrogens (tertiary/aromatic N) is 8. The minimum absolute atomic E-state index is 0.234. The van der Waals surface area contributed by atoms with Crippen molar-refractivity contribution in [1.29, 1.82) is 0 Å². The van der Waals surface area contributed by atoms with Crippen LogP contribution in [0.3, 0.4) is 0 Å². The summed E-state index contributed by atoms with van der Waals surface area (Å²) < 4.78 is 14.5. The molecule has 1 aromatic carbocycles. The van der Waals surface area contributed by atoms with Gasteiger partial charge in [0.25, 0.3) is 0 Å². The summed E-state index contributed by atoms with van der Waals surface area (Å²) in [5.41, 5.74) is 1.36. The highest BCUT2D eigenvalue weighted by Gasteiger charge is 2.19. The van der Waals surface area contributed by atoms with Crippen molar-refractivity contribution in [2.24, 2.45) is 7.05 Å². The minimum Gasteiger partial charge on any atom is -0.468 e. The van der Waals surface area contributed by atoms with Crippen LogP contribution in [0.4, 0.5) is 0 Å². The number of benzene rings is 1. The van der Waals surface area contributed by atoms with Gasteiger partial charge >= 0.3 is 0 Å². The second-order valence-electron chi connectivity index (χ2n) is 6.03. The van der Waals surface area contributed by atoms with Gasteiger partial charge in [-0.2, -0.15) is 9.61 Å². The molecular weight excluding hydrogens is 348 g/mol. The van der Waals surface area contributed by atoms with Crippen molar-refractivity contribution in [2.75, 3.05) is 0 Å². The lowest BCUT2D eigenvalue weighted by atomic mass is 10.2. The molecule has 5 aromatic rings. The first kappa shape index (κ1) is 15.4. The fourth-order valence-corrected chi connectivity index (χ4v) is 2.86. The molecule has 0 radical (unpaired) electrons. The fraction of sp³-hybridized carbons (Fsp3) is 0.176. The lowest BCUT2D eigenvalue weighted by molar-refractivity contribution is 0.278. The predicted octanol–water partition coefficient (Wildman–Crippen LogP) is 1.95. The maximum absolute atomic E-state index is 5.96. The third kappa shape index (κ3) is 2.49. The molecule has 0 aliphatic carbocycles. The average Bonchev–Trinajstić information content (AvgIpc) is 3.39. The second kappa shape index (κ2) is 5.87. The summed E-state index contributed by atoms with van der Waals surface area (Å²) >= 11 is 0. The topological polar surface area (TPSA) is 109 Å². The number of aryl methyl sites for hydroxylation is 2. The Hall–Kier alpha value is -3.82. The summed E-state index contributed by atoms with van der Waals surface area (Å²) in [6, 6.07) is 9.52. The van der Waals surface area contributed by atoms with Gasteiger partial charge in [-0.3, -0.25) is 4.68 Å². The van der Waals surface area contributed by atoms with Gasteiger partial charge in [0, 0.05) is 23.9 Å². The highest BCUT2D eigenvalue weighted by Crippen LogP contribution is 2.29. The molecule has 0 aliphatic rings. The number of hydrogen-bond donors (Lipinski definition) is 0. The Kier molecular flexibility index (Phi) is 3.35. The van der Waals surface area contributed by atoms with E-state index in [0.717, 1.165) is 16.5 Å². The van der Waals surface area contributed by atoms with Crippen LogP contribution >= 0.6 is 0 Å². The van der Waals surface area contributed by atoms with Crippen LogP contribution in [0, 0.1) is 6.92 Å². The molecule has 27 heavy (non-hydrogen) atoms. The molecule has 134 valence electrons. The smallest absolute Gasteiger partial charge is 0.240 e. The summed E-state index contributed by atoms with van der Waals surface area (Å²) in [7, 11) is 1.81. The molecule has 0 unspecified atom stereocenters. The van der Waals surface area contributed by atoms with E-state index in [2.05, 4.69) is 30.5 Å². The summed E-state index contributed by atoms with van der Waals surface area (Å²) in [6.07, 6.45) is 1.48. The van der Waals surface area contributed by atoms with Gasteiger partial charge in [-0.15, -0.1) is 15.3 Å². The van der Waals surface area contributed by atoms with E-state index in [4.69, 9.17) is 9.26 Å². The lowest BCUT2D eigenvalue weighted by Gasteiger charge is -2.09. The van der Waals surface area contributed by atoms with Crippen molar-refractivity contribution in [3.63, 3.8) is 0 Å². The molecule has 10 nitrogen and oxygen atoms in total. The minimum atomic E-state index is 0.234. The molecule has 5 rings (SSSR count). The van der Waals surface area contributed by atoms with Gasteiger partial charge in [0.15, 0.2) is 11.5 Å². The highest BCUT2D eigenvalue weighted by molar-refractivity contribution is 5.96. The van der Waals surface area contributed by atoms with Gasteiger partial charge in [0.1, 0.15) is 12.9 Å². The van der Waals surface area contributed by atoms with E-state index in [1.165, 1.54) is 6.33 Å². The summed E-state index contributed by atoms with van der Waals surface area (Å²) in [5, 5.41) is 22.8. The van der Waals surface area contributed by atoms with Crippen LogP contribution in [-0.2, 0) is 13.7 Å². The SMILES string of the molecule is Cc1cc(-c2nnc3c4ccccc4c(OCc4ncnn4C)nn23)on1. The quantitative estimate of drug-likeness (QED) is 0.477. The highest BCUT2D eigenvalue weighted by atomic mass is 16.5. The zero-order chi connectivity index (χ0) is 18.4. The van der Waals surface area contributed by atoms with Crippen LogP contribution in [0.2, 0.25) is 0 Å². The van der Waals surface area contributed by atoms with E-state index in [1.54, 1.807) is 15.3 Å². The number of ether oxygens (including phenoxy) is 1. The molecule has 0 spiro atoms. The molecule has 0 saturated heterocycles. The Morgan fingerprint density at radius 3 is 2.74 bits per heavy atom. The van der Waals surface area contributed by atoms with E-state index in [0.29, 0.717) is 28.9 Å². The number of aromatic nitrogens is 8. The van der Waals surface area contributed by atoms with E-state index >= 15 is 0 Å². The molecule has 4 heterocycles. The van der Waals surface area contributed by atoms with Crippen LogP contribution in [0.5, 0.6) is 5.88 Å². The maximum Gasteiger partial charge on any atom is 0.240 e. The Balaban J connectivity index is 1.67. The molecule has 10 heteroatoms. The number of rotatable bonds is 4. The Morgan fingerprint density at radius 1 is 1.15 bits per heavy atom. The summed E-state index contributed by atoms with van der Waals surface area (Å²) in [6.45, 7) is 2.08. The number of fused-ring (bicyclic) bond motifs is 3. The first-order valence-electron chi connectivity index (χ1n) is 8.24. The van der Waals surface area contributed by atoms with Gasteiger partial charge in [-0.1, -0.05) is 23.4 Å². The second-order valence-corrected chi connectivity index (χ2v) is 6.03. The third-order valence-electron chi connectivity index (χ3n) is 4.22. The van der Waals surface area contributed by atoms with Crippen molar-refractivity contribution >= 4 is 16.4 Å². The van der Waals surface area contributed by atoms with E-state index in [-0.39, 0.29) is 6.61 Å². The first-order chi connectivity index (χ1) is 13.2. The van der Waals surface area contributed by atoms with Crippen molar-refractivity contribution in [3.8, 4) is 17.5 Å². The molecule has 4 aromatic heterocycles. The van der Waals surface area contributed by atoms with Crippen LogP contribution < -0.4 is 4.74 Å². The molecule has 0 saturated carbocycles. The average molecular weight is 362 g/mol. The van der Waals surface area contributed by atoms with Crippen LogP contribution in [0.15, 0.2) is 41.2 Å². The van der Waals surface area contributed by atoms with Crippen LogP contribution in [-0.4, -0.2) is 39.7 Å². The summed E-state index contributed by atoms with van der Waals surface area (Å²) in [4.78, 5) is 4.18. The van der Waals surface area contributed by atoms with Crippen molar-refractivity contribution in [1.82, 2.24) is 39.7 Å². The monoisotopic (exact) mass is 362 g/mol. The Bertz CT molecular complexity index is 1270. The Labute approximate surface area is 152 Å². The standard InChI is InChI=1S/C17H14N8O2/c1-10-7-13(27-23-10)16-21-20-15-11-5-3-4-6-12(11)17(22-25(15)16)26-8-14-18-9-19-24(14)2/h3-7,9H,8H2,1-2H3. The Morgan fingerprint density at radius 2 is 2.00 bits per heavy atom. The fourth-order valence-electron chi connectivity index (χ4n) is 2.86. The zero-order valence-corrected chi connectivity index (χ0v) is 14.6. The van der Waals surface area contributed by atoms with Gasteiger partial charge in [0.2, 0.25) is 17.5 Å². The first-order valence-corrected chi connectivity index (χ1v) is 8.24. The molecule has 0 amide bonds. The van der Waals surface area contributed by atoms with Gasteiger partial charge in [-0.05, 0) is 13.0 Å². The van der Waals surface area contributed by atoms with Gasteiger partial charge in [0.05, 0.1) is 5.69 Å². The molecule has 0 bridgehead atoms. The van der Waals surface area contributed by atoms with Crippen molar-refractivity contribution in [3.05, 3.63) is 48.2 Å². The third-order valence-corrected chi connectivity index (χ3v) is 4.22. The molecule has 0 fully saturated rings. The molecule has 0 atom stereocenters. The van der Waals surface area contributed by atoms with E-state index in [9.17, 15) is 0 Å². The summed E-state index contributed by atoms with van der Waals surface area (Å²) in [5.74, 6) is 2.08. The normalized spacial score (nSPS) is 11.5. The lowest BCUT2D eigenvalue weighted by Crippen LogP contribution is -2.07. The van der Waals surface area contributed by atoms with Crippen molar-refractivity contribution < 1.29 is 9.26 Å². The maximum atomic E-state index is 5.96. The molecule has 0 aliphatic heterocycles. The van der Waals surface area contributed by atoms with E-state index < -0.39 is 0 Å². The van der Waals surface area contributed by atoms with Crippen LogP contribution in [0.25, 0.3) is 28.0 Å². The largest absolute Gasteiger partial charge is 0.468 e. The van der Waals surface area contributed by atoms with Crippen molar-refractivity contribution in [2.45, 2.75) is 13.5 Å². The van der Waals surface area contributed by atoms with Gasteiger partial charge < -0.3 is 9.26 Å². The molecule has 0 N–H and O–H groups in total. The molecular formula is C17H14N8O2. The predicted molar refractivity (Wildman–Crippen MR) is 93.9 cm³/mol. The van der Waals surface area contributed by atoms with E-state index in [1.807, 2.05) is 38.2 Å². The number of hydrogen-bond acceptors (Lipinski definition) is 8. The van der Waals surface area contributed by atoms with Gasteiger partial charge in [-0.25, -0.2) is 4.98 Å². The zero-order valence-electron chi connectivity index (χ0n) is 14.6. The van der Waals surface area contributed by atoms with Crippen LogP contribution in [0.1, 0.15) is 11.5 Å².